The first-order valence-electron chi connectivity index (χ1n) is 11.5. The van der Waals surface area contributed by atoms with Crippen LogP contribution in [0, 0.1) is 11.8 Å². The molecule has 0 unspecified atom stereocenters. The Morgan fingerprint density at radius 3 is 2.45 bits per heavy atom. The number of nitrogens with zero attached hydrogens (tertiary/aromatic N) is 4. The van der Waals surface area contributed by atoms with Crippen molar-refractivity contribution in [2.24, 2.45) is 16.8 Å². The number of anilines is 1. The molecule has 0 atom stereocenters. The summed E-state index contributed by atoms with van der Waals surface area (Å²) in [5.41, 5.74) is 1.13. The first kappa shape index (κ1) is 25.7. The molecule has 0 aliphatic carbocycles. The third-order valence-electron chi connectivity index (χ3n) is 6.33. The topological polar surface area (TPSA) is 72.9 Å². The molecule has 174 valence electrons. The summed E-state index contributed by atoms with van der Waals surface area (Å²) in [6.45, 7) is 10.0. The average Bonchev–Trinajstić information content (AvgIpc) is 2.78. The summed E-state index contributed by atoms with van der Waals surface area (Å²) in [6, 6.07) is 4.29. The lowest BCUT2D eigenvalue weighted by Gasteiger charge is -2.34. The number of aromatic nitrogens is 1. The molecule has 2 N–H and O–H groups in total. The maximum Gasteiger partial charge on any atom is 0.220 e. The fraction of sp³-hybridized carbons (Fsp3) is 0.696. The summed E-state index contributed by atoms with van der Waals surface area (Å²) in [5.74, 6) is 3.49. The molecule has 2 aliphatic heterocycles. The van der Waals surface area contributed by atoms with Crippen molar-refractivity contribution in [3.63, 3.8) is 0 Å². The van der Waals surface area contributed by atoms with Gasteiger partial charge < -0.3 is 20.4 Å². The number of carbonyl (C=O) groups is 1. The summed E-state index contributed by atoms with van der Waals surface area (Å²) in [4.78, 5) is 25.9. The van der Waals surface area contributed by atoms with Crippen LogP contribution in [0.15, 0.2) is 23.3 Å². The second-order valence-electron chi connectivity index (χ2n) is 8.67. The molecule has 0 radical (unpaired) electrons. The third kappa shape index (κ3) is 7.80. The van der Waals surface area contributed by atoms with Gasteiger partial charge in [-0.15, -0.1) is 24.0 Å². The number of aliphatic imine (C=N–C) groups is 1. The van der Waals surface area contributed by atoms with Crippen LogP contribution in [0.3, 0.4) is 0 Å². The SMILES string of the molecule is CCNC(=NCc1ccc(N2CCC(C)CC2)nc1)N1CCC(CC(=O)NC)CC1.I. The fourth-order valence-electron chi connectivity index (χ4n) is 4.24. The van der Waals surface area contributed by atoms with E-state index in [1.165, 1.54) is 12.8 Å². The van der Waals surface area contributed by atoms with Crippen molar-refractivity contribution in [2.45, 2.75) is 52.5 Å². The highest BCUT2D eigenvalue weighted by Gasteiger charge is 2.23. The number of hydrogen-bond donors (Lipinski definition) is 2. The second-order valence-corrected chi connectivity index (χ2v) is 8.67. The quantitative estimate of drug-likeness (QED) is 0.328. The summed E-state index contributed by atoms with van der Waals surface area (Å²) in [6.07, 6.45) is 7.16. The lowest BCUT2D eigenvalue weighted by atomic mass is 9.93. The minimum absolute atomic E-state index is 0. The zero-order chi connectivity index (χ0) is 21.3. The average molecular weight is 543 g/mol. The standard InChI is InChI=1S/C23H38N6O.HI/c1-4-25-23(29-13-9-19(10-14-29)15-22(30)24-3)27-17-20-5-6-21(26-16-20)28-11-7-18(2)8-12-28;/h5-6,16,18-19H,4,7-15,17H2,1-3H3,(H,24,30)(H,25,27);1H. The summed E-state index contributed by atoms with van der Waals surface area (Å²) in [5, 5.41) is 6.16. The van der Waals surface area contributed by atoms with E-state index in [2.05, 4.69) is 46.4 Å². The van der Waals surface area contributed by atoms with Gasteiger partial charge in [0, 0.05) is 52.4 Å². The van der Waals surface area contributed by atoms with E-state index in [9.17, 15) is 4.79 Å². The van der Waals surface area contributed by atoms with Crippen molar-refractivity contribution >= 4 is 41.7 Å². The first-order chi connectivity index (χ1) is 14.6. The molecular weight excluding hydrogens is 503 g/mol. The van der Waals surface area contributed by atoms with Gasteiger partial charge in [-0.1, -0.05) is 13.0 Å². The van der Waals surface area contributed by atoms with Crippen LogP contribution in [0.1, 0.15) is 51.5 Å². The lowest BCUT2D eigenvalue weighted by molar-refractivity contribution is -0.121. The van der Waals surface area contributed by atoms with E-state index in [0.717, 1.165) is 68.8 Å². The zero-order valence-corrected chi connectivity index (χ0v) is 21.6. The van der Waals surface area contributed by atoms with E-state index >= 15 is 0 Å². The van der Waals surface area contributed by atoms with Gasteiger partial charge in [0.25, 0.3) is 0 Å². The predicted molar refractivity (Wildman–Crippen MR) is 138 cm³/mol. The van der Waals surface area contributed by atoms with Crippen molar-refractivity contribution < 1.29 is 4.79 Å². The van der Waals surface area contributed by atoms with E-state index < -0.39 is 0 Å². The van der Waals surface area contributed by atoms with Gasteiger partial charge in [0.15, 0.2) is 5.96 Å². The zero-order valence-electron chi connectivity index (χ0n) is 19.3. The number of pyridine rings is 1. The van der Waals surface area contributed by atoms with E-state index in [0.29, 0.717) is 18.9 Å². The third-order valence-corrected chi connectivity index (χ3v) is 6.33. The monoisotopic (exact) mass is 542 g/mol. The first-order valence-corrected chi connectivity index (χ1v) is 11.5. The van der Waals surface area contributed by atoms with Crippen LogP contribution < -0.4 is 15.5 Å². The molecule has 2 fully saturated rings. The number of likely N-dealkylation sites (tertiary alicyclic amines) is 1. The molecule has 0 aromatic carbocycles. The van der Waals surface area contributed by atoms with Gasteiger partial charge in [0.2, 0.25) is 5.91 Å². The molecule has 8 heteroatoms. The van der Waals surface area contributed by atoms with E-state index in [4.69, 9.17) is 9.98 Å². The van der Waals surface area contributed by atoms with Gasteiger partial charge in [-0.25, -0.2) is 9.98 Å². The fourth-order valence-corrected chi connectivity index (χ4v) is 4.24. The molecule has 3 rings (SSSR count). The molecule has 3 heterocycles. The van der Waals surface area contributed by atoms with Gasteiger partial charge in [-0.3, -0.25) is 4.79 Å². The van der Waals surface area contributed by atoms with Crippen LogP contribution in [-0.4, -0.2) is 61.5 Å². The maximum absolute atomic E-state index is 11.6. The van der Waals surface area contributed by atoms with Crippen molar-refractivity contribution in [1.29, 1.82) is 0 Å². The Hall–Kier alpha value is -1.58. The number of rotatable bonds is 6. The Bertz CT molecular complexity index is 695. The van der Waals surface area contributed by atoms with E-state index in [1.807, 2.05) is 6.20 Å². The van der Waals surface area contributed by atoms with Crippen molar-refractivity contribution in [1.82, 2.24) is 20.5 Å². The molecule has 2 saturated heterocycles. The molecule has 0 saturated carbocycles. The molecule has 0 spiro atoms. The minimum Gasteiger partial charge on any atom is -0.359 e. The maximum atomic E-state index is 11.6. The number of nitrogens with one attached hydrogen (secondary N) is 2. The molecule has 31 heavy (non-hydrogen) atoms. The molecule has 0 bridgehead atoms. The Labute approximate surface area is 204 Å². The Morgan fingerprint density at radius 2 is 1.87 bits per heavy atom. The van der Waals surface area contributed by atoms with Gasteiger partial charge in [-0.2, -0.15) is 0 Å². The smallest absolute Gasteiger partial charge is 0.220 e. The predicted octanol–water partition coefficient (Wildman–Crippen LogP) is 3.25. The Kier molecular flexibility index (Phi) is 10.8. The number of hydrogen-bond acceptors (Lipinski definition) is 4. The number of piperidine rings is 2. The van der Waals surface area contributed by atoms with Crippen LogP contribution in [0.2, 0.25) is 0 Å². The normalized spacial score (nSPS) is 18.5. The molecular formula is C23H39IN6O. The largest absolute Gasteiger partial charge is 0.359 e. The van der Waals surface area contributed by atoms with Crippen LogP contribution in [0.25, 0.3) is 0 Å². The van der Waals surface area contributed by atoms with Crippen LogP contribution in [0.5, 0.6) is 0 Å². The number of guanidine groups is 1. The molecule has 1 amide bonds. The number of carbonyl (C=O) groups excluding carboxylic acids is 1. The highest BCUT2D eigenvalue weighted by atomic mass is 127. The second kappa shape index (κ2) is 13.1. The minimum atomic E-state index is 0. The summed E-state index contributed by atoms with van der Waals surface area (Å²) >= 11 is 0. The van der Waals surface area contributed by atoms with Gasteiger partial charge in [0.1, 0.15) is 5.82 Å². The van der Waals surface area contributed by atoms with Crippen LogP contribution in [-0.2, 0) is 11.3 Å². The van der Waals surface area contributed by atoms with Gasteiger partial charge >= 0.3 is 0 Å². The molecule has 7 nitrogen and oxygen atoms in total. The van der Waals surface area contributed by atoms with Gasteiger partial charge in [-0.05, 0) is 56.1 Å². The number of halogens is 1. The van der Waals surface area contributed by atoms with E-state index in [1.54, 1.807) is 7.05 Å². The summed E-state index contributed by atoms with van der Waals surface area (Å²) in [7, 11) is 1.71. The van der Waals surface area contributed by atoms with Crippen molar-refractivity contribution in [2.75, 3.05) is 44.7 Å². The van der Waals surface area contributed by atoms with Crippen molar-refractivity contribution in [3.8, 4) is 0 Å². The highest BCUT2D eigenvalue weighted by Crippen LogP contribution is 2.22. The Morgan fingerprint density at radius 1 is 1.16 bits per heavy atom. The van der Waals surface area contributed by atoms with E-state index in [-0.39, 0.29) is 29.9 Å². The van der Waals surface area contributed by atoms with Gasteiger partial charge in [0.05, 0.1) is 6.54 Å². The Balaban J connectivity index is 0.00000341. The lowest BCUT2D eigenvalue weighted by Crippen LogP contribution is -2.46. The van der Waals surface area contributed by atoms with Crippen LogP contribution in [0.4, 0.5) is 5.82 Å². The van der Waals surface area contributed by atoms with Crippen molar-refractivity contribution in [3.05, 3.63) is 23.9 Å². The number of amides is 1. The molecule has 1 aromatic heterocycles. The summed E-state index contributed by atoms with van der Waals surface area (Å²) < 4.78 is 0. The van der Waals surface area contributed by atoms with Crippen LogP contribution >= 0.6 is 24.0 Å². The molecule has 1 aromatic rings. The highest BCUT2D eigenvalue weighted by molar-refractivity contribution is 14.0. The molecule has 2 aliphatic rings.